The van der Waals surface area contributed by atoms with Gasteiger partial charge >= 0.3 is 0 Å². The van der Waals surface area contributed by atoms with Crippen LogP contribution in [0, 0.1) is 0 Å². The van der Waals surface area contributed by atoms with Crippen molar-refractivity contribution >= 4 is 10.9 Å². The Bertz CT molecular complexity index is 1060. The molecule has 28 heavy (non-hydrogen) atoms. The highest BCUT2D eigenvalue weighted by atomic mass is 16.5. The van der Waals surface area contributed by atoms with Gasteiger partial charge in [-0.1, -0.05) is 66.7 Å². The summed E-state index contributed by atoms with van der Waals surface area (Å²) in [6.07, 6.45) is 5.18. The molecule has 140 valence electrons. The molecule has 0 amide bonds. The van der Waals surface area contributed by atoms with E-state index in [4.69, 9.17) is 4.74 Å². The lowest BCUT2D eigenvalue weighted by Gasteiger charge is -2.18. The maximum atomic E-state index is 5.35. The minimum Gasteiger partial charge on any atom is -0.497 e. The number of benzene rings is 3. The van der Waals surface area contributed by atoms with Gasteiger partial charge in [0.1, 0.15) is 5.75 Å². The molecule has 2 nitrogen and oxygen atoms in total. The van der Waals surface area contributed by atoms with Crippen LogP contribution in [0.2, 0.25) is 0 Å². The van der Waals surface area contributed by atoms with Gasteiger partial charge in [0.25, 0.3) is 0 Å². The van der Waals surface area contributed by atoms with Crippen LogP contribution in [0.15, 0.2) is 97.7 Å². The molecular weight excluding hydrogens is 342 g/mol. The van der Waals surface area contributed by atoms with Crippen molar-refractivity contribution in [3.63, 3.8) is 0 Å². The van der Waals surface area contributed by atoms with E-state index in [9.17, 15) is 0 Å². The first-order valence-corrected chi connectivity index (χ1v) is 9.66. The predicted octanol–water partition coefficient (Wildman–Crippen LogP) is 6.21. The fourth-order valence-electron chi connectivity index (χ4n) is 3.95. The van der Waals surface area contributed by atoms with E-state index in [2.05, 4.69) is 84.1 Å². The topological polar surface area (TPSA) is 14.2 Å². The molecule has 0 aliphatic carbocycles. The molecule has 0 saturated carbocycles. The number of fused-ring (bicyclic) bond motifs is 1. The van der Waals surface area contributed by atoms with Crippen molar-refractivity contribution in [1.29, 1.82) is 0 Å². The summed E-state index contributed by atoms with van der Waals surface area (Å²) in [6.45, 7) is 4.73. The number of para-hydroxylation sites is 1. The zero-order valence-electron chi connectivity index (χ0n) is 16.2. The lowest BCUT2D eigenvalue weighted by atomic mass is 9.86. The number of hydrogen-bond donors (Lipinski definition) is 0. The van der Waals surface area contributed by atoms with E-state index in [0.717, 1.165) is 18.7 Å². The molecule has 1 heterocycles. The molecule has 0 bridgehead atoms. The fourth-order valence-corrected chi connectivity index (χ4v) is 3.95. The van der Waals surface area contributed by atoms with Crippen LogP contribution >= 0.6 is 0 Å². The molecule has 0 fully saturated rings. The van der Waals surface area contributed by atoms with Crippen LogP contribution in [0.1, 0.15) is 22.6 Å². The lowest BCUT2D eigenvalue weighted by molar-refractivity contribution is 0.414. The van der Waals surface area contributed by atoms with E-state index >= 15 is 0 Å². The Balaban J connectivity index is 1.78. The Hall–Kier alpha value is -3.26. The average molecular weight is 367 g/mol. The quantitative estimate of drug-likeness (QED) is 0.354. The number of ether oxygens (including phenoxy) is 1. The van der Waals surface area contributed by atoms with E-state index in [-0.39, 0.29) is 5.92 Å². The van der Waals surface area contributed by atoms with Crippen molar-refractivity contribution in [2.45, 2.75) is 18.9 Å². The number of hydrogen-bond acceptors (Lipinski definition) is 1. The summed E-state index contributed by atoms with van der Waals surface area (Å²) in [5.41, 5.74) is 5.25. The summed E-state index contributed by atoms with van der Waals surface area (Å²) in [5, 5.41) is 1.32. The smallest absolute Gasteiger partial charge is 0.118 e. The van der Waals surface area contributed by atoms with Crippen molar-refractivity contribution in [3.8, 4) is 5.75 Å². The number of nitrogens with zero attached hydrogens (tertiary/aromatic N) is 1. The third-order valence-corrected chi connectivity index (χ3v) is 5.34. The van der Waals surface area contributed by atoms with Gasteiger partial charge in [0, 0.05) is 29.6 Å². The Labute approximate surface area is 166 Å². The molecular formula is C26H25NO. The highest BCUT2D eigenvalue weighted by molar-refractivity contribution is 5.84. The molecule has 2 heteroatoms. The zero-order chi connectivity index (χ0) is 19.3. The van der Waals surface area contributed by atoms with E-state index in [1.165, 1.54) is 27.6 Å². The van der Waals surface area contributed by atoms with Gasteiger partial charge in [-0.25, -0.2) is 0 Å². The van der Waals surface area contributed by atoms with E-state index in [0.29, 0.717) is 0 Å². The van der Waals surface area contributed by atoms with Crippen LogP contribution in [0.4, 0.5) is 0 Å². The first kappa shape index (κ1) is 18.1. The Morgan fingerprint density at radius 3 is 2.29 bits per heavy atom. The maximum Gasteiger partial charge on any atom is 0.118 e. The van der Waals surface area contributed by atoms with Gasteiger partial charge in [0.05, 0.1) is 7.11 Å². The zero-order valence-corrected chi connectivity index (χ0v) is 16.2. The standard InChI is InChI=1S/C26H25NO/c1-3-17-27-19-22(24-11-7-8-12-26(24)27)18-25(20-9-5-4-6-10-20)21-13-15-23(28-2)16-14-21/h3-16,19,25H,1,17-18H2,2H3. The summed E-state index contributed by atoms with van der Waals surface area (Å²) >= 11 is 0. The molecule has 0 N–H and O–H groups in total. The third-order valence-electron chi connectivity index (χ3n) is 5.34. The minimum atomic E-state index is 0.287. The summed E-state index contributed by atoms with van der Waals surface area (Å²) in [6, 6.07) is 27.8. The monoisotopic (exact) mass is 367 g/mol. The first-order chi connectivity index (χ1) is 13.8. The molecule has 0 spiro atoms. The van der Waals surface area contributed by atoms with Gasteiger partial charge in [-0.15, -0.1) is 6.58 Å². The first-order valence-electron chi connectivity index (χ1n) is 9.66. The highest BCUT2D eigenvalue weighted by Crippen LogP contribution is 2.33. The number of rotatable bonds is 7. The number of allylic oxidation sites excluding steroid dienone is 1. The second kappa shape index (κ2) is 8.18. The van der Waals surface area contributed by atoms with Crippen LogP contribution in [-0.4, -0.2) is 11.7 Å². The molecule has 4 rings (SSSR count). The molecule has 3 aromatic carbocycles. The van der Waals surface area contributed by atoms with Crippen LogP contribution in [0.25, 0.3) is 10.9 Å². The second-order valence-electron chi connectivity index (χ2n) is 7.05. The minimum absolute atomic E-state index is 0.287. The Kier molecular flexibility index (Phi) is 5.29. The van der Waals surface area contributed by atoms with E-state index in [1.54, 1.807) is 7.11 Å². The van der Waals surface area contributed by atoms with Gasteiger partial charge in [-0.3, -0.25) is 0 Å². The molecule has 4 aromatic rings. The Morgan fingerprint density at radius 1 is 0.893 bits per heavy atom. The number of methoxy groups -OCH3 is 1. The van der Waals surface area contributed by atoms with Crippen molar-refractivity contribution in [3.05, 3.63) is 114 Å². The lowest BCUT2D eigenvalue weighted by Crippen LogP contribution is -2.05. The fraction of sp³-hybridized carbons (Fsp3) is 0.154. The van der Waals surface area contributed by atoms with Gasteiger partial charge < -0.3 is 9.30 Å². The normalized spacial score (nSPS) is 12.0. The number of aromatic nitrogens is 1. The summed E-state index contributed by atoms with van der Waals surface area (Å²) in [4.78, 5) is 0. The molecule has 1 atom stereocenters. The molecule has 0 aliphatic heterocycles. The van der Waals surface area contributed by atoms with Gasteiger partial charge in [-0.05, 0) is 41.3 Å². The van der Waals surface area contributed by atoms with Gasteiger partial charge in [0.15, 0.2) is 0 Å². The summed E-state index contributed by atoms with van der Waals surface area (Å²) in [5.74, 6) is 1.17. The molecule has 0 saturated heterocycles. The molecule has 1 aromatic heterocycles. The average Bonchev–Trinajstić information content (AvgIpc) is 3.10. The maximum absolute atomic E-state index is 5.35. The predicted molar refractivity (Wildman–Crippen MR) is 117 cm³/mol. The van der Waals surface area contributed by atoms with Gasteiger partial charge in [0.2, 0.25) is 0 Å². The SMILES string of the molecule is C=CCn1cc(CC(c2ccccc2)c2ccc(OC)cc2)c2ccccc21. The molecule has 0 radical (unpaired) electrons. The third kappa shape index (κ3) is 3.59. The van der Waals surface area contributed by atoms with Crippen molar-refractivity contribution in [2.75, 3.05) is 7.11 Å². The van der Waals surface area contributed by atoms with Crippen molar-refractivity contribution in [1.82, 2.24) is 4.57 Å². The highest BCUT2D eigenvalue weighted by Gasteiger charge is 2.18. The van der Waals surface area contributed by atoms with Crippen LogP contribution in [0.3, 0.4) is 0 Å². The van der Waals surface area contributed by atoms with Crippen LogP contribution in [-0.2, 0) is 13.0 Å². The summed E-state index contributed by atoms with van der Waals surface area (Å²) < 4.78 is 7.63. The second-order valence-corrected chi connectivity index (χ2v) is 7.05. The summed E-state index contributed by atoms with van der Waals surface area (Å²) in [7, 11) is 1.71. The van der Waals surface area contributed by atoms with E-state index < -0.39 is 0 Å². The van der Waals surface area contributed by atoms with E-state index in [1.807, 2.05) is 18.2 Å². The molecule has 1 unspecified atom stereocenters. The van der Waals surface area contributed by atoms with Crippen molar-refractivity contribution < 1.29 is 4.74 Å². The van der Waals surface area contributed by atoms with Crippen molar-refractivity contribution in [2.24, 2.45) is 0 Å². The van der Waals surface area contributed by atoms with Gasteiger partial charge in [-0.2, -0.15) is 0 Å². The van der Waals surface area contributed by atoms with Crippen LogP contribution in [0.5, 0.6) is 5.75 Å². The molecule has 0 aliphatic rings. The largest absolute Gasteiger partial charge is 0.497 e. The Morgan fingerprint density at radius 2 is 1.57 bits per heavy atom. The van der Waals surface area contributed by atoms with Crippen LogP contribution < -0.4 is 4.74 Å².